The van der Waals surface area contributed by atoms with Gasteiger partial charge in [0.1, 0.15) is 12.1 Å². The minimum Gasteiger partial charge on any atom is -0.309 e. The molecule has 0 spiro atoms. The lowest BCUT2D eigenvalue weighted by molar-refractivity contribution is 0.769. The molecule has 1 aliphatic carbocycles. The van der Waals surface area contributed by atoms with E-state index in [1.807, 2.05) is 42.5 Å². The Balaban J connectivity index is 1.24. The van der Waals surface area contributed by atoms with Crippen molar-refractivity contribution < 1.29 is 0 Å². The second kappa shape index (κ2) is 13.8. The molecule has 0 radical (unpaired) electrons. The molecule has 290 valence electrons. The van der Waals surface area contributed by atoms with E-state index in [0.717, 1.165) is 82.7 Å². The maximum Gasteiger partial charge on any atom is 0.188 e. The van der Waals surface area contributed by atoms with Gasteiger partial charge in [-0.05, 0) is 87.5 Å². The molecule has 0 saturated carbocycles. The molecule has 0 amide bonds. The molecule has 0 fully saturated rings. The number of hydrogen-bond acceptors (Lipinski definition) is 2. The van der Waals surface area contributed by atoms with Gasteiger partial charge < -0.3 is 9.13 Å². The standard InChI is InChI=1S/C58H33N5/c1-61-40-29-31-55(62-52-25-13-9-21-42(52)43-22-10-14-26-53(43)62)47(32-40)45-30-28-37(35-59)49(36-60)57(45)63-54-27-15-11-23-44(54)48-33-46-41-20-8-12-24-50(41)58(51(46)34-56(48)63,38-16-4-2-5-17-38)39-18-6-3-7-19-39/h2-34H. The van der Waals surface area contributed by atoms with E-state index in [2.05, 4.69) is 178 Å². The van der Waals surface area contributed by atoms with Crippen molar-refractivity contribution in [3.8, 4) is 45.8 Å². The summed E-state index contributed by atoms with van der Waals surface area (Å²) in [6.07, 6.45) is 0. The maximum absolute atomic E-state index is 11.3. The summed E-state index contributed by atoms with van der Waals surface area (Å²) in [5.41, 5.74) is 14.1. The molecule has 5 nitrogen and oxygen atoms in total. The van der Waals surface area contributed by atoms with Crippen molar-refractivity contribution in [2.24, 2.45) is 0 Å². The maximum atomic E-state index is 11.3. The Bertz CT molecular complexity index is 3740. The normalized spacial score (nSPS) is 12.5. The van der Waals surface area contributed by atoms with E-state index in [0.29, 0.717) is 11.4 Å². The fourth-order valence-corrected chi connectivity index (χ4v) is 10.6. The van der Waals surface area contributed by atoms with E-state index in [4.69, 9.17) is 6.57 Å². The van der Waals surface area contributed by atoms with Crippen LogP contribution in [0, 0.1) is 29.2 Å². The van der Waals surface area contributed by atoms with Crippen LogP contribution in [0.4, 0.5) is 5.69 Å². The van der Waals surface area contributed by atoms with Gasteiger partial charge >= 0.3 is 0 Å². The van der Waals surface area contributed by atoms with E-state index in [1.54, 1.807) is 6.07 Å². The summed E-state index contributed by atoms with van der Waals surface area (Å²) in [6.45, 7) is 8.18. The molecule has 5 heteroatoms. The third kappa shape index (κ3) is 4.95. The molecule has 0 bridgehead atoms. The molecule has 1 aliphatic rings. The molecule has 11 aromatic rings. The van der Waals surface area contributed by atoms with Crippen LogP contribution in [0.1, 0.15) is 33.4 Å². The number of fused-ring (bicyclic) bond motifs is 9. The molecule has 0 unspecified atom stereocenters. The Kier molecular flexibility index (Phi) is 7.87. The van der Waals surface area contributed by atoms with Crippen molar-refractivity contribution >= 4 is 49.3 Å². The zero-order valence-electron chi connectivity index (χ0n) is 33.8. The molecule has 0 atom stereocenters. The van der Waals surface area contributed by atoms with Gasteiger partial charge in [0, 0.05) is 27.1 Å². The summed E-state index contributed by atoms with van der Waals surface area (Å²) in [7, 11) is 0. The van der Waals surface area contributed by atoms with Crippen LogP contribution >= 0.6 is 0 Å². The smallest absolute Gasteiger partial charge is 0.188 e. The second-order valence-electron chi connectivity index (χ2n) is 16.1. The highest BCUT2D eigenvalue weighted by atomic mass is 15.0. The molecule has 9 aromatic carbocycles. The van der Waals surface area contributed by atoms with Crippen LogP contribution in [0.25, 0.3) is 82.1 Å². The van der Waals surface area contributed by atoms with Crippen LogP contribution in [-0.2, 0) is 5.41 Å². The second-order valence-corrected chi connectivity index (χ2v) is 16.1. The number of para-hydroxylation sites is 3. The molecule has 0 saturated heterocycles. The Hall–Kier alpha value is -8.95. The predicted octanol–water partition coefficient (Wildman–Crippen LogP) is 14.2. The van der Waals surface area contributed by atoms with Gasteiger partial charge in [-0.2, -0.15) is 10.5 Å². The lowest BCUT2D eigenvalue weighted by Gasteiger charge is -2.34. The highest BCUT2D eigenvalue weighted by Crippen LogP contribution is 2.57. The first kappa shape index (κ1) is 35.9. The van der Waals surface area contributed by atoms with E-state index in [9.17, 15) is 10.5 Å². The van der Waals surface area contributed by atoms with Gasteiger partial charge in [-0.15, -0.1) is 0 Å². The zero-order chi connectivity index (χ0) is 42.2. The highest BCUT2D eigenvalue weighted by Gasteiger charge is 2.46. The van der Waals surface area contributed by atoms with Gasteiger partial charge in [0.15, 0.2) is 5.69 Å². The van der Waals surface area contributed by atoms with Crippen LogP contribution in [-0.4, -0.2) is 9.13 Å². The zero-order valence-corrected chi connectivity index (χ0v) is 33.8. The lowest BCUT2D eigenvalue weighted by Crippen LogP contribution is -2.28. The molecule has 63 heavy (non-hydrogen) atoms. The summed E-state index contributed by atoms with van der Waals surface area (Å²) in [5, 5.41) is 26.2. The predicted molar refractivity (Wildman–Crippen MR) is 254 cm³/mol. The minimum atomic E-state index is -0.660. The van der Waals surface area contributed by atoms with Gasteiger partial charge in [0.05, 0.1) is 56.6 Å². The summed E-state index contributed by atoms with van der Waals surface area (Å²) in [4.78, 5) is 3.92. The van der Waals surface area contributed by atoms with Gasteiger partial charge in [0.25, 0.3) is 0 Å². The van der Waals surface area contributed by atoms with E-state index >= 15 is 0 Å². The van der Waals surface area contributed by atoms with Crippen molar-refractivity contribution in [3.05, 3.63) is 245 Å². The fourth-order valence-electron chi connectivity index (χ4n) is 10.6. The summed E-state index contributed by atoms with van der Waals surface area (Å²) < 4.78 is 4.45. The summed E-state index contributed by atoms with van der Waals surface area (Å²) in [6, 6.07) is 74.3. The molecule has 2 aromatic heterocycles. The van der Waals surface area contributed by atoms with Gasteiger partial charge in [0.2, 0.25) is 0 Å². The SMILES string of the molecule is [C-]#[N+]c1ccc(-n2c3ccccc3c3ccccc32)c(-c2ccc(C#N)c(C#N)c2-n2c3ccccc3c3cc4c(cc32)C(c2ccccc2)(c2ccccc2)c2ccccc2-4)c1. The largest absolute Gasteiger partial charge is 0.309 e. The monoisotopic (exact) mass is 799 g/mol. The average molecular weight is 800 g/mol. The van der Waals surface area contributed by atoms with E-state index in [-0.39, 0.29) is 11.1 Å². The topological polar surface area (TPSA) is 61.8 Å². The van der Waals surface area contributed by atoms with Crippen molar-refractivity contribution in [1.29, 1.82) is 10.5 Å². The summed E-state index contributed by atoms with van der Waals surface area (Å²) in [5.74, 6) is 0. The van der Waals surface area contributed by atoms with Crippen LogP contribution in [0.2, 0.25) is 0 Å². The van der Waals surface area contributed by atoms with Crippen LogP contribution < -0.4 is 0 Å². The Morgan fingerprint density at radius 1 is 0.429 bits per heavy atom. The number of nitrogens with zero attached hydrogens (tertiary/aromatic N) is 5. The average Bonchev–Trinajstić information content (AvgIpc) is 3.97. The van der Waals surface area contributed by atoms with Gasteiger partial charge in [-0.1, -0.05) is 152 Å². The Morgan fingerprint density at radius 3 is 1.62 bits per heavy atom. The van der Waals surface area contributed by atoms with E-state index < -0.39 is 5.41 Å². The highest BCUT2D eigenvalue weighted by molar-refractivity contribution is 6.13. The van der Waals surface area contributed by atoms with Crippen molar-refractivity contribution in [3.63, 3.8) is 0 Å². The van der Waals surface area contributed by atoms with Crippen LogP contribution in [0.5, 0.6) is 0 Å². The third-order valence-electron chi connectivity index (χ3n) is 13.1. The van der Waals surface area contributed by atoms with E-state index in [1.165, 1.54) is 11.1 Å². The Morgan fingerprint density at radius 2 is 1.00 bits per heavy atom. The number of hydrogen-bond donors (Lipinski definition) is 0. The lowest BCUT2D eigenvalue weighted by atomic mass is 9.67. The Labute approximate surface area is 363 Å². The molecular formula is C58H33N5. The quantitative estimate of drug-likeness (QED) is 0.163. The van der Waals surface area contributed by atoms with Gasteiger partial charge in [-0.3, -0.25) is 0 Å². The van der Waals surface area contributed by atoms with Crippen LogP contribution in [0.15, 0.2) is 200 Å². The first-order valence-electron chi connectivity index (χ1n) is 20.9. The van der Waals surface area contributed by atoms with Gasteiger partial charge in [-0.25, -0.2) is 4.85 Å². The molecule has 0 N–H and O–H groups in total. The molecule has 0 aliphatic heterocycles. The van der Waals surface area contributed by atoms with Crippen LogP contribution in [0.3, 0.4) is 0 Å². The third-order valence-corrected chi connectivity index (χ3v) is 13.1. The molecular weight excluding hydrogens is 767 g/mol. The molecule has 2 heterocycles. The number of benzene rings is 9. The molecule has 12 rings (SSSR count). The summed E-state index contributed by atoms with van der Waals surface area (Å²) >= 11 is 0. The van der Waals surface area contributed by atoms with Crippen molar-refractivity contribution in [2.75, 3.05) is 0 Å². The fraction of sp³-hybridized carbons (Fsp3) is 0.0172. The number of aromatic nitrogens is 2. The minimum absolute atomic E-state index is 0.264. The number of rotatable bonds is 5. The van der Waals surface area contributed by atoms with Crippen molar-refractivity contribution in [1.82, 2.24) is 9.13 Å². The van der Waals surface area contributed by atoms with Crippen molar-refractivity contribution in [2.45, 2.75) is 5.41 Å². The number of nitriles is 2. The first-order valence-corrected chi connectivity index (χ1v) is 20.9. The first-order chi connectivity index (χ1) is 31.1.